The zero-order valence-corrected chi connectivity index (χ0v) is 13.7. The van der Waals surface area contributed by atoms with Gasteiger partial charge in [0.2, 0.25) is 0 Å². The van der Waals surface area contributed by atoms with Crippen LogP contribution in [0, 0.1) is 0 Å². The number of para-hydroxylation sites is 1. The maximum absolute atomic E-state index is 10.7. The number of rotatable bonds is 3. The van der Waals surface area contributed by atoms with E-state index in [0.717, 1.165) is 24.1 Å². The van der Waals surface area contributed by atoms with E-state index in [4.69, 9.17) is 4.62 Å². The van der Waals surface area contributed by atoms with Crippen molar-refractivity contribution in [3.63, 3.8) is 0 Å². The third kappa shape index (κ3) is 7.76. The number of halogens is 6. The van der Waals surface area contributed by atoms with Crippen molar-refractivity contribution in [1.82, 2.24) is 19.8 Å². The summed E-state index contributed by atoms with van der Waals surface area (Å²) in [6.07, 6.45) is 2.57. The van der Waals surface area contributed by atoms with Gasteiger partial charge in [-0.3, -0.25) is 0 Å². The molecule has 13 heteroatoms. The van der Waals surface area contributed by atoms with E-state index in [2.05, 4.69) is 15.0 Å². The van der Waals surface area contributed by atoms with Crippen LogP contribution < -0.4 is 4.62 Å². The van der Waals surface area contributed by atoms with Gasteiger partial charge < -0.3 is 0 Å². The summed E-state index contributed by atoms with van der Waals surface area (Å²) in [7, 11) is -10.8. The minimum Gasteiger partial charge on any atom is -0.230 e. The van der Waals surface area contributed by atoms with Gasteiger partial charge in [-0.25, -0.2) is 4.62 Å². The molecule has 0 spiro atoms. The van der Waals surface area contributed by atoms with E-state index in [9.17, 15) is 25.2 Å². The molecule has 0 saturated carbocycles. The smallest absolute Gasteiger partial charge is 0.230 e. The Morgan fingerprint density at radius 2 is 1.57 bits per heavy atom. The van der Waals surface area contributed by atoms with E-state index in [0.29, 0.717) is 0 Å². The van der Waals surface area contributed by atoms with Crippen LogP contribution in [0.4, 0.5) is 25.2 Å². The van der Waals surface area contributed by atoms with Crippen LogP contribution in [-0.4, -0.2) is 32.9 Å². The molecule has 1 unspecified atom stereocenters. The molecule has 2 aromatic rings. The predicted octanol–water partition coefficient (Wildman–Crippen LogP) is 4.58. The monoisotopic (exact) mass is 382 g/mol. The molecular formula is C10H14F6N4OP2. The molecule has 2 heterocycles. The standard InChI is InChI=1S/C10H13N4OP.F6P/c1-2-6-10-9(5-1)11-12-14(10)15-16-13-7-3-4-8-13;1-7(2,3,4,5)6/h1-2,5-6,16H,3-4,7-8H2;/q;-1/p+1. The van der Waals surface area contributed by atoms with Gasteiger partial charge in [0.05, 0.1) is 0 Å². The molecule has 132 valence electrons. The third-order valence-corrected chi connectivity index (χ3v) is 3.87. The fourth-order valence-electron chi connectivity index (χ4n) is 1.88. The summed E-state index contributed by atoms with van der Waals surface area (Å²) in [6.45, 7) is 2.31. The summed E-state index contributed by atoms with van der Waals surface area (Å²) < 4.78 is 67.2. The van der Waals surface area contributed by atoms with Crippen molar-refractivity contribution in [2.24, 2.45) is 0 Å². The summed E-state index contributed by atoms with van der Waals surface area (Å²) in [5.74, 6) is 0. The van der Waals surface area contributed by atoms with Crippen molar-refractivity contribution >= 4 is 27.8 Å². The van der Waals surface area contributed by atoms with Gasteiger partial charge in [0.25, 0.3) is 8.96 Å². The van der Waals surface area contributed by atoms with Crippen molar-refractivity contribution < 1.29 is 29.8 Å². The Balaban J connectivity index is 0.000000236. The van der Waals surface area contributed by atoms with E-state index in [1.165, 1.54) is 12.8 Å². The van der Waals surface area contributed by atoms with Crippen LogP contribution in [-0.2, 0) is 0 Å². The second kappa shape index (κ2) is 5.72. The first-order valence-electron chi connectivity index (χ1n) is 6.50. The van der Waals surface area contributed by atoms with Crippen LogP contribution in [0.15, 0.2) is 24.3 Å². The minimum absolute atomic E-state index is 0.169. The molecule has 1 aromatic heterocycles. The SMILES string of the molecule is F[P-](F)(F)(F)(F)F.c1ccc2c(c1)nnn2O[PH2+]N1CCCC1. The van der Waals surface area contributed by atoms with Gasteiger partial charge in [0.1, 0.15) is 11.0 Å². The van der Waals surface area contributed by atoms with Crippen molar-refractivity contribution in [2.75, 3.05) is 13.1 Å². The van der Waals surface area contributed by atoms with Gasteiger partial charge in [0, 0.05) is 13.1 Å². The number of benzene rings is 1. The van der Waals surface area contributed by atoms with Crippen LogP contribution in [0.2, 0.25) is 0 Å². The fourth-order valence-corrected chi connectivity index (χ4v) is 2.84. The molecule has 1 aliphatic rings. The van der Waals surface area contributed by atoms with Crippen molar-refractivity contribution in [1.29, 1.82) is 0 Å². The van der Waals surface area contributed by atoms with Gasteiger partial charge in [0.15, 0.2) is 0 Å². The predicted molar refractivity (Wildman–Crippen MR) is 78.2 cm³/mol. The molecule has 1 fully saturated rings. The molecule has 1 aromatic carbocycles. The Bertz CT molecular complexity index is 659. The Hall–Kier alpha value is -1.18. The van der Waals surface area contributed by atoms with Crippen LogP contribution >= 0.6 is 16.8 Å². The maximum atomic E-state index is 9.87. The number of hydrogen-bond donors (Lipinski definition) is 0. The molecule has 3 rings (SSSR count). The molecule has 1 saturated heterocycles. The average Bonchev–Trinajstić information content (AvgIpc) is 3.02. The summed E-state index contributed by atoms with van der Waals surface area (Å²) in [4.78, 5) is 1.54. The zero-order chi connectivity index (χ0) is 17.2. The molecule has 0 radical (unpaired) electrons. The first kappa shape index (κ1) is 18.2. The van der Waals surface area contributed by atoms with Crippen molar-refractivity contribution in [3.05, 3.63) is 24.3 Å². The molecule has 1 aliphatic heterocycles. The topological polar surface area (TPSA) is 43.2 Å². The Labute approximate surface area is 128 Å². The summed E-state index contributed by atoms with van der Waals surface area (Å²) >= 11 is 0. The number of fused-ring (bicyclic) bond motifs is 1. The normalized spacial score (nSPS) is 19.4. The molecule has 0 amide bonds. The summed E-state index contributed by atoms with van der Waals surface area (Å²) in [5.41, 5.74) is 1.82. The Morgan fingerprint density at radius 1 is 1.00 bits per heavy atom. The van der Waals surface area contributed by atoms with Crippen molar-refractivity contribution in [3.8, 4) is 0 Å². The van der Waals surface area contributed by atoms with Crippen LogP contribution in [0.25, 0.3) is 11.0 Å². The van der Waals surface area contributed by atoms with Crippen LogP contribution in [0.3, 0.4) is 0 Å². The molecule has 0 N–H and O–H groups in total. The van der Waals surface area contributed by atoms with Crippen molar-refractivity contribution in [2.45, 2.75) is 12.8 Å². The van der Waals surface area contributed by atoms with Crippen LogP contribution in [0.1, 0.15) is 12.8 Å². The molecule has 23 heavy (non-hydrogen) atoms. The summed E-state index contributed by atoms with van der Waals surface area (Å²) in [6, 6.07) is 7.83. The Morgan fingerprint density at radius 3 is 2.17 bits per heavy atom. The van der Waals surface area contributed by atoms with Gasteiger partial charge in [-0.15, -0.1) is 9.77 Å². The first-order valence-corrected chi connectivity index (χ1v) is 9.51. The van der Waals surface area contributed by atoms with Gasteiger partial charge in [-0.05, 0) is 35.0 Å². The minimum atomic E-state index is -10.7. The average molecular weight is 382 g/mol. The first-order chi connectivity index (χ1) is 10.4. The zero-order valence-electron chi connectivity index (χ0n) is 11.6. The molecule has 1 atom stereocenters. The largest absolute Gasteiger partial charge is 0.269 e. The number of nitrogens with zero attached hydrogens (tertiary/aromatic N) is 4. The van der Waals surface area contributed by atoms with E-state index in [-0.39, 0.29) is 8.96 Å². The van der Waals surface area contributed by atoms with E-state index in [1.807, 2.05) is 24.3 Å². The molecule has 5 nitrogen and oxygen atoms in total. The Kier molecular flexibility index (Phi) is 4.52. The quantitative estimate of drug-likeness (QED) is 0.576. The molecular weight excluding hydrogens is 368 g/mol. The van der Waals surface area contributed by atoms with Gasteiger partial charge in [-0.1, -0.05) is 12.1 Å². The van der Waals surface area contributed by atoms with Gasteiger partial charge in [-0.2, -0.15) is 0 Å². The van der Waals surface area contributed by atoms with E-state index >= 15 is 0 Å². The van der Waals surface area contributed by atoms with Gasteiger partial charge >= 0.3 is 33.0 Å². The second-order valence-electron chi connectivity index (χ2n) is 4.86. The van der Waals surface area contributed by atoms with Crippen LogP contribution in [0.5, 0.6) is 0 Å². The fraction of sp³-hybridized carbons (Fsp3) is 0.400. The molecule has 0 bridgehead atoms. The summed E-state index contributed by atoms with van der Waals surface area (Å²) in [5, 5.41) is 8.04. The number of hydrogen-bond acceptors (Lipinski definition) is 4. The van der Waals surface area contributed by atoms with E-state index in [1.54, 1.807) is 4.85 Å². The molecule has 0 aliphatic carbocycles. The third-order valence-electron chi connectivity index (χ3n) is 2.76. The second-order valence-corrected chi connectivity index (χ2v) is 7.93. The number of aromatic nitrogens is 3. The van der Waals surface area contributed by atoms with E-state index < -0.39 is 7.81 Å². The maximum Gasteiger partial charge on any atom is 0.269 e.